The van der Waals surface area contributed by atoms with E-state index in [4.69, 9.17) is 16.3 Å². The predicted octanol–water partition coefficient (Wildman–Crippen LogP) is 1.57. The summed E-state index contributed by atoms with van der Waals surface area (Å²) in [5.41, 5.74) is 0. The second-order valence-corrected chi connectivity index (χ2v) is 4.83. The van der Waals surface area contributed by atoms with Gasteiger partial charge in [-0.25, -0.2) is 0 Å². The fourth-order valence-corrected chi connectivity index (χ4v) is 1.95. The number of hydrogen-bond acceptors (Lipinski definition) is 6. The Labute approximate surface area is 112 Å². The maximum Gasteiger partial charge on any atom is 0.230 e. The van der Waals surface area contributed by atoms with Gasteiger partial charge < -0.3 is 15.0 Å². The first-order chi connectivity index (χ1) is 8.65. The first kappa shape index (κ1) is 13.3. The molecule has 7 heteroatoms. The fraction of sp³-hybridized carbons (Fsp3) is 0.727. The van der Waals surface area contributed by atoms with Crippen LogP contribution < -0.4 is 10.2 Å². The summed E-state index contributed by atoms with van der Waals surface area (Å²) in [6, 6.07) is 0. The van der Waals surface area contributed by atoms with E-state index in [1.165, 1.54) is 6.42 Å². The van der Waals surface area contributed by atoms with Crippen molar-refractivity contribution < 1.29 is 4.74 Å². The Morgan fingerprint density at radius 1 is 1.33 bits per heavy atom. The highest BCUT2D eigenvalue weighted by molar-refractivity contribution is 6.28. The number of halogens is 1. The van der Waals surface area contributed by atoms with Gasteiger partial charge in [0, 0.05) is 27.2 Å². The van der Waals surface area contributed by atoms with Crippen LogP contribution in [-0.4, -0.2) is 48.3 Å². The van der Waals surface area contributed by atoms with E-state index >= 15 is 0 Å². The monoisotopic (exact) mass is 271 g/mol. The average molecular weight is 272 g/mol. The largest absolute Gasteiger partial charge is 0.376 e. The summed E-state index contributed by atoms with van der Waals surface area (Å²) in [4.78, 5) is 14.1. The molecule has 100 valence electrons. The molecule has 1 saturated heterocycles. The lowest BCUT2D eigenvalue weighted by atomic mass is 10.1. The zero-order valence-electron chi connectivity index (χ0n) is 10.7. The third-order valence-corrected chi connectivity index (χ3v) is 2.93. The van der Waals surface area contributed by atoms with Crippen molar-refractivity contribution in [2.75, 3.05) is 37.5 Å². The van der Waals surface area contributed by atoms with E-state index in [0.29, 0.717) is 18.4 Å². The summed E-state index contributed by atoms with van der Waals surface area (Å²) in [6.07, 6.45) is 3.68. The summed E-state index contributed by atoms with van der Waals surface area (Å²) in [5.74, 6) is 1.04. The van der Waals surface area contributed by atoms with Crippen molar-refractivity contribution in [3.05, 3.63) is 5.28 Å². The van der Waals surface area contributed by atoms with E-state index in [-0.39, 0.29) is 11.4 Å². The van der Waals surface area contributed by atoms with Crippen molar-refractivity contribution >= 4 is 23.5 Å². The molecular formula is C11H18ClN5O. The number of hydrogen-bond donors (Lipinski definition) is 1. The smallest absolute Gasteiger partial charge is 0.230 e. The third-order valence-electron chi connectivity index (χ3n) is 2.76. The van der Waals surface area contributed by atoms with Crippen molar-refractivity contribution in [3.63, 3.8) is 0 Å². The molecule has 0 spiro atoms. The number of rotatable bonds is 4. The van der Waals surface area contributed by atoms with Gasteiger partial charge in [-0.3, -0.25) is 0 Å². The van der Waals surface area contributed by atoms with Crippen molar-refractivity contribution in [2.24, 2.45) is 0 Å². The Kier molecular flexibility index (Phi) is 4.54. The lowest BCUT2D eigenvalue weighted by Gasteiger charge is -2.22. The molecular weight excluding hydrogens is 254 g/mol. The zero-order valence-corrected chi connectivity index (χ0v) is 11.4. The molecule has 2 heterocycles. The molecule has 0 aromatic carbocycles. The Morgan fingerprint density at radius 2 is 2.17 bits per heavy atom. The summed E-state index contributed by atoms with van der Waals surface area (Å²) < 4.78 is 5.63. The van der Waals surface area contributed by atoms with Crippen LogP contribution in [-0.2, 0) is 4.74 Å². The molecule has 1 unspecified atom stereocenters. The van der Waals surface area contributed by atoms with Crippen molar-refractivity contribution in [2.45, 2.75) is 25.4 Å². The van der Waals surface area contributed by atoms with E-state index in [2.05, 4.69) is 20.3 Å². The standard InChI is InChI=1S/C11H18ClN5O/c1-17(2)11-15-9(12)14-10(16-11)13-7-8-5-3-4-6-18-8/h8H,3-7H2,1-2H3,(H,13,14,15,16). The first-order valence-corrected chi connectivity index (χ1v) is 6.47. The lowest BCUT2D eigenvalue weighted by molar-refractivity contribution is 0.0246. The molecule has 6 nitrogen and oxygen atoms in total. The van der Waals surface area contributed by atoms with Gasteiger partial charge in [0.25, 0.3) is 0 Å². The van der Waals surface area contributed by atoms with E-state index in [0.717, 1.165) is 19.4 Å². The number of nitrogens with zero attached hydrogens (tertiary/aromatic N) is 4. The molecule has 1 atom stereocenters. The first-order valence-electron chi connectivity index (χ1n) is 6.09. The number of anilines is 2. The summed E-state index contributed by atoms with van der Waals surface area (Å²) in [7, 11) is 3.72. The minimum Gasteiger partial charge on any atom is -0.376 e. The minimum absolute atomic E-state index is 0.195. The van der Waals surface area contributed by atoms with E-state index in [9.17, 15) is 0 Å². The predicted molar refractivity (Wildman–Crippen MR) is 71.2 cm³/mol. The van der Waals surface area contributed by atoms with Gasteiger partial charge in [-0.1, -0.05) is 0 Å². The van der Waals surface area contributed by atoms with Crippen molar-refractivity contribution in [1.82, 2.24) is 15.0 Å². The third kappa shape index (κ3) is 3.68. The molecule has 1 aromatic rings. The van der Waals surface area contributed by atoms with Gasteiger partial charge in [-0.15, -0.1) is 0 Å². The molecule has 0 aliphatic carbocycles. The fourth-order valence-electron chi connectivity index (χ4n) is 1.79. The molecule has 1 N–H and O–H groups in total. The lowest BCUT2D eigenvalue weighted by Crippen LogP contribution is -2.27. The molecule has 1 aliphatic heterocycles. The SMILES string of the molecule is CN(C)c1nc(Cl)nc(NCC2CCCCO2)n1. The summed E-state index contributed by atoms with van der Waals surface area (Å²) in [5, 5.41) is 3.35. The number of ether oxygens (including phenoxy) is 1. The molecule has 0 radical (unpaired) electrons. The van der Waals surface area contributed by atoms with Gasteiger partial charge in [0.1, 0.15) is 0 Å². The highest BCUT2D eigenvalue weighted by atomic mass is 35.5. The Balaban J connectivity index is 1.95. The Bertz CT molecular complexity index is 395. The van der Waals surface area contributed by atoms with Gasteiger partial charge in [-0.2, -0.15) is 15.0 Å². The molecule has 1 aromatic heterocycles. The Morgan fingerprint density at radius 3 is 2.83 bits per heavy atom. The van der Waals surface area contributed by atoms with E-state index < -0.39 is 0 Å². The maximum absolute atomic E-state index is 5.86. The maximum atomic E-state index is 5.86. The van der Waals surface area contributed by atoms with Gasteiger partial charge in [0.2, 0.25) is 17.2 Å². The van der Waals surface area contributed by atoms with Crippen LogP contribution in [0.5, 0.6) is 0 Å². The highest BCUT2D eigenvalue weighted by Crippen LogP contribution is 2.15. The van der Waals surface area contributed by atoms with Gasteiger partial charge in [-0.05, 0) is 30.9 Å². The van der Waals surface area contributed by atoms with Gasteiger partial charge >= 0.3 is 0 Å². The van der Waals surface area contributed by atoms with Crippen LogP contribution in [0.2, 0.25) is 5.28 Å². The highest BCUT2D eigenvalue weighted by Gasteiger charge is 2.14. The minimum atomic E-state index is 0.195. The topological polar surface area (TPSA) is 63.2 Å². The van der Waals surface area contributed by atoms with Crippen LogP contribution >= 0.6 is 11.6 Å². The van der Waals surface area contributed by atoms with Crippen LogP contribution in [0.15, 0.2) is 0 Å². The van der Waals surface area contributed by atoms with E-state index in [1.54, 1.807) is 4.90 Å². The Hall–Kier alpha value is -1.14. The number of nitrogens with one attached hydrogen (secondary N) is 1. The van der Waals surface area contributed by atoms with E-state index in [1.807, 2.05) is 14.1 Å². The second kappa shape index (κ2) is 6.15. The zero-order chi connectivity index (χ0) is 13.0. The quantitative estimate of drug-likeness (QED) is 0.897. The van der Waals surface area contributed by atoms with Gasteiger partial charge in [0.15, 0.2) is 0 Å². The van der Waals surface area contributed by atoms with Crippen LogP contribution in [0.1, 0.15) is 19.3 Å². The van der Waals surface area contributed by atoms with Crippen LogP contribution in [0.3, 0.4) is 0 Å². The van der Waals surface area contributed by atoms with Crippen LogP contribution in [0.25, 0.3) is 0 Å². The normalized spacial score (nSPS) is 19.6. The molecule has 0 amide bonds. The van der Waals surface area contributed by atoms with Crippen molar-refractivity contribution in [3.8, 4) is 0 Å². The summed E-state index contributed by atoms with van der Waals surface area (Å²) >= 11 is 5.86. The molecule has 1 fully saturated rings. The second-order valence-electron chi connectivity index (χ2n) is 4.49. The molecule has 1 aliphatic rings. The molecule has 0 saturated carbocycles. The molecule has 0 bridgehead atoms. The molecule has 2 rings (SSSR count). The van der Waals surface area contributed by atoms with Crippen LogP contribution in [0, 0.1) is 0 Å². The number of aromatic nitrogens is 3. The van der Waals surface area contributed by atoms with Crippen LogP contribution in [0.4, 0.5) is 11.9 Å². The summed E-state index contributed by atoms with van der Waals surface area (Å²) in [6.45, 7) is 1.54. The average Bonchev–Trinajstić information content (AvgIpc) is 2.37. The van der Waals surface area contributed by atoms with Crippen molar-refractivity contribution in [1.29, 1.82) is 0 Å². The molecule has 18 heavy (non-hydrogen) atoms. The van der Waals surface area contributed by atoms with Gasteiger partial charge in [0.05, 0.1) is 6.10 Å².